The summed E-state index contributed by atoms with van der Waals surface area (Å²) in [6, 6.07) is 3.80. The van der Waals surface area contributed by atoms with Crippen LogP contribution in [-0.4, -0.2) is 47.8 Å². The maximum absolute atomic E-state index is 12.4. The highest BCUT2D eigenvalue weighted by molar-refractivity contribution is 7.20. The van der Waals surface area contributed by atoms with Crippen LogP contribution in [-0.2, 0) is 0 Å². The number of aldehydes is 1. The molecule has 0 radical (unpaired) electrons. The highest BCUT2D eigenvalue weighted by atomic mass is 32.1. The van der Waals surface area contributed by atoms with Gasteiger partial charge in [0.25, 0.3) is 5.91 Å². The van der Waals surface area contributed by atoms with E-state index in [1.807, 2.05) is 0 Å². The third kappa shape index (κ3) is 2.53. The Morgan fingerprint density at radius 1 is 1.41 bits per heavy atom. The average molecular weight is 315 g/mol. The van der Waals surface area contributed by atoms with Crippen molar-refractivity contribution in [3.8, 4) is 0 Å². The average Bonchev–Trinajstić information content (AvgIpc) is 3.09. The topological polar surface area (TPSA) is 62.3 Å². The first kappa shape index (κ1) is 13.8. The molecule has 3 atom stereocenters. The molecule has 2 aliphatic rings. The molecule has 1 amide bonds. The quantitative estimate of drug-likeness (QED) is 0.879. The largest absolute Gasteiger partial charge is 0.347 e. The fraction of sp³-hybridized carbons (Fsp3) is 0.438. The number of pyridine rings is 1. The van der Waals surface area contributed by atoms with Crippen molar-refractivity contribution in [2.75, 3.05) is 19.6 Å². The highest BCUT2D eigenvalue weighted by Crippen LogP contribution is 2.27. The molecule has 5 nitrogen and oxygen atoms in total. The number of amides is 1. The van der Waals surface area contributed by atoms with Gasteiger partial charge in [-0.15, -0.1) is 11.3 Å². The van der Waals surface area contributed by atoms with E-state index in [0.717, 1.165) is 41.8 Å². The Labute approximate surface area is 132 Å². The molecule has 114 valence electrons. The van der Waals surface area contributed by atoms with Gasteiger partial charge in [-0.1, -0.05) is 0 Å². The second-order valence-corrected chi connectivity index (χ2v) is 7.31. The van der Waals surface area contributed by atoms with E-state index in [0.29, 0.717) is 10.6 Å². The first-order valence-electron chi connectivity index (χ1n) is 7.59. The molecule has 2 saturated heterocycles. The summed E-state index contributed by atoms with van der Waals surface area (Å²) in [5.74, 6) is 0.609. The van der Waals surface area contributed by atoms with E-state index in [1.54, 1.807) is 18.3 Å². The number of carbonyl (C=O) groups excluding carboxylic acids is 2. The monoisotopic (exact) mass is 315 g/mol. The number of rotatable bonds is 3. The van der Waals surface area contributed by atoms with Gasteiger partial charge in [0.1, 0.15) is 5.69 Å². The highest BCUT2D eigenvalue weighted by Gasteiger charge is 2.33. The van der Waals surface area contributed by atoms with Crippen LogP contribution < -0.4 is 5.32 Å². The molecule has 2 aliphatic heterocycles. The minimum absolute atomic E-state index is 0.115. The van der Waals surface area contributed by atoms with Crippen molar-refractivity contribution in [1.82, 2.24) is 15.2 Å². The zero-order valence-corrected chi connectivity index (χ0v) is 12.9. The molecule has 22 heavy (non-hydrogen) atoms. The predicted molar refractivity (Wildman–Crippen MR) is 85.4 cm³/mol. The Morgan fingerprint density at radius 3 is 3.14 bits per heavy atom. The summed E-state index contributed by atoms with van der Waals surface area (Å²) in [5, 5.41) is 4.02. The van der Waals surface area contributed by atoms with E-state index >= 15 is 0 Å². The zero-order chi connectivity index (χ0) is 15.1. The Kier molecular flexibility index (Phi) is 3.43. The number of nitrogens with one attached hydrogen (secondary N) is 1. The van der Waals surface area contributed by atoms with Gasteiger partial charge >= 0.3 is 0 Å². The summed E-state index contributed by atoms with van der Waals surface area (Å²) >= 11 is 1.39. The van der Waals surface area contributed by atoms with Gasteiger partial charge in [-0.05, 0) is 37.4 Å². The van der Waals surface area contributed by atoms with Crippen molar-refractivity contribution in [1.29, 1.82) is 0 Å². The molecule has 2 aromatic heterocycles. The standard InChI is InChI=1S/C16H17N3O2S/c20-9-13-4-11-6-17-14(5-15(11)22-13)16(21)18-12-3-10-1-2-19(7-10)8-12/h4-6,9-10,12H,1-3,7-8H2,(H,18,21)/t10-,12+/m0/s1. The maximum atomic E-state index is 12.4. The Hall–Kier alpha value is -1.79. The molecule has 4 heterocycles. The van der Waals surface area contributed by atoms with Gasteiger partial charge in [0.15, 0.2) is 6.29 Å². The Morgan fingerprint density at radius 2 is 2.32 bits per heavy atom. The molecule has 1 unspecified atom stereocenters. The van der Waals surface area contributed by atoms with Gasteiger partial charge in [0.05, 0.1) is 4.88 Å². The van der Waals surface area contributed by atoms with Crippen LogP contribution >= 0.6 is 11.3 Å². The van der Waals surface area contributed by atoms with E-state index in [4.69, 9.17) is 0 Å². The third-order valence-electron chi connectivity index (χ3n) is 4.57. The van der Waals surface area contributed by atoms with Crippen molar-refractivity contribution >= 4 is 33.6 Å². The van der Waals surface area contributed by atoms with Gasteiger partial charge in [0, 0.05) is 35.4 Å². The summed E-state index contributed by atoms with van der Waals surface area (Å²) in [6.45, 7) is 3.28. The van der Waals surface area contributed by atoms with Crippen LogP contribution in [0, 0.1) is 5.92 Å². The van der Waals surface area contributed by atoms with E-state index in [1.165, 1.54) is 24.3 Å². The van der Waals surface area contributed by atoms with E-state index in [2.05, 4.69) is 15.2 Å². The van der Waals surface area contributed by atoms with Gasteiger partial charge in [0.2, 0.25) is 0 Å². The number of hydrogen-bond donors (Lipinski definition) is 1. The van der Waals surface area contributed by atoms with Crippen LogP contribution in [0.5, 0.6) is 0 Å². The zero-order valence-electron chi connectivity index (χ0n) is 12.1. The summed E-state index contributed by atoms with van der Waals surface area (Å²) < 4.78 is 0.926. The molecule has 2 aromatic rings. The number of aromatic nitrogens is 1. The lowest BCUT2D eigenvalue weighted by Gasteiger charge is -2.30. The molecule has 0 aromatic carbocycles. The van der Waals surface area contributed by atoms with Crippen LogP contribution in [0.2, 0.25) is 0 Å². The molecule has 2 fully saturated rings. The van der Waals surface area contributed by atoms with Crippen LogP contribution in [0.4, 0.5) is 0 Å². The van der Waals surface area contributed by atoms with Crippen LogP contribution in [0.1, 0.15) is 33.0 Å². The van der Waals surface area contributed by atoms with Gasteiger partial charge in [-0.2, -0.15) is 0 Å². The molecular formula is C16H17N3O2S. The lowest BCUT2D eigenvalue weighted by Crippen LogP contribution is -2.47. The van der Waals surface area contributed by atoms with E-state index < -0.39 is 0 Å². The van der Waals surface area contributed by atoms with Crippen LogP contribution in [0.3, 0.4) is 0 Å². The van der Waals surface area contributed by atoms with Crippen molar-refractivity contribution in [3.63, 3.8) is 0 Å². The van der Waals surface area contributed by atoms with Gasteiger partial charge in [-0.3, -0.25) is 14.6 Å². The molecular weight excluding hydrogens is 298 g/mol. The number of nitrogens with zero attached hydrogens (tertiary/aromatic N) is 2. The number of thiophene rings is 1. The normalized spacial score (nSPS) is 27.0. The summed E-state index contributed by atoms with van der Waals surface area (Å²) in [7, 11) is 0. The summed E-state index contributed by atoms with van der Waals surface area (Å²) in [4.78, 5) is 30.6. The second-order valence-electron chi connectivity index (χ2n) is 6.19. The SMILES string of the molecule is O=Cc1cc2cnc(C(=O)N[C@@H]3C[C@@H]4CCN(C4)C3)cc2s1. The summed E-state index contributed by atoms with van der Waals surface area (Å²) in [5.41, 5.74) is 0.430. The smallest absolute Gasteiger partial charge is 0.270 e. The van der Waals surface area contributed by atoms with Crippen molar-refractivity contribution < 1.29 is 9.59 Å². The van der Waals surface area contributed by atoms with E-state index in [-0.39, 0.29) is 11.9 Å². The molecule has 0 saturated carbocycles. The fourth-order valence-corrected chi connectivity index (χ4v) is 4.45. The van der Waals surface area contributed by atoms with Crippen molar-refractivity contribution in [3.05, 3.63) is 28.9 Å². The van der Waals surface area contributed by atoms with Gasteiger partial charge < -0.3 is 10.2 Å². The molecule has 6 heteroatoms. The molecule has 0 aliphatic carbocycles. The van der Waals surface area contributed by atoms with Crippen LogP contribution in [0.25, 0.3) is 10.1 Å². The Balaban J connectivity index is 1.51. The lowest BCUT2D eigenvalue weighted by atomic mass is 9.97. The minimum atomic E-state index is -0.115. The van der Waals surface area contributed by atoms with E-state index in [9.17, 15) is 9.59 Å². The molecule has 0 spiro atoms. The predicted octanol–water partition coefficient (Wildman–Crippen LogP) is 1.93. The van der Waals surface area contributed by atoms with Crippen LogP contribution in [0.15, 0.2) is 18.3 Å². The number of piperidine rings is 1. The number of carbonyl (C=O) groups is 2. The first-order valence-corrected chi connectivity index (χ1v) is 8.41. The third-order valence-corrected chi connectivity index (χ3v) is 5.59. The van der Waals surface area contributed by atoms with Crippen molar-refractivity contribution in [2.24, 2.45) is 5.92 Å². The maximum Gasteiger partial charge on any atom is 0.270 e. The van der Waals surface area contributed by atoms with Crippen molar-refractivity contribution in [2.45, 2.75) is 18.9 Å². The number of hydrogen-bond acceptors (Lipinski definition) is 5. The molecule has 1 N–H and O–H groups in total. The first-order chi connectivity index (χ1) is 10.7. The summed E-state index contributed by atoms with van der Waals surface area (Å²) in [6.07, 6.45) is 4.82. The lowest BCUT2D eigenvalue weighted by molar-refractivity contribution is 0.0904. The van der Waals surface area contributed by atoms with Gasteiger partial charge in [-0.25, -0.2) is 0 Å². The minimum Gasteiger partial charge on any atom is -0.347 e. The fourth-order valence-electron chi connectivity index (χ4n) is 3.56. The second kappa shape index (κ2) is 5.44. The Bertz CT molecular complexity index is 730. The molecule has 2 bridgehead atoms. The molecule has 4 rings (SSSR count). The number of fused-ring (bicyclic) bond motifs is 3.